The second kappa shape index (κ2) is 10.5. The number of nitrogens with zero attached hydrogens (tertiary/aromatic N) is 4. The minimum absolute atomic E-state index is 0.0270. The summed E-state index contributed by atoms with van der Waals surface area (Å²) < 4.78 is 26.4. The van der Waals surface area contributed by atoms with Gasteiger partial charge in [-0.15, -0.1) is 11.3 Å². The molecule has 0 aliphatic rings. The Kier molecular flexibility index (Phi) is 6.97. The van der Waals surface area contributed by atoms with Crippen molar-refractivity contribution < 1.29 is 18.7 Å². The molecule has 0 aliphatic carbocycles. The van der Waals surface area contributed by atoms with Crippen LogP contribution in [0, 0.1) is 12.7 Å². The van der Waals surface area contributed by atoms with E-state index < -0.39 is 11.8 Å². The highest BCUT2D eigenvalue weighted by molar-refractivity contribution is 7.21. The molecule has 12 heteroatoms. The van der Waals surface area contributed by atoms with E-state index in [-0.39, 0.29) is 23.9 Å². The quantitative estimate of drug-likeness (QED) is 0.259. The molecule has 188 valence electrons. The van der Waals surface area contributed by atoms with Crippen molar-refractivity contribution in [2.75, 3.05) is 25.6 Å². The van der Waals surface area contributed by atoms with E-state index in [9.17, 15) is 9.18 Å². The van der Waals surface area contributed by atoms with Crippen LogP contribution in [0.5, 0.6) is 11.6 Å². The fraction of sp³-hybridized carbons (Fsp3) is 0.160. The summed E-state index contributed by atoms with van der Waals surface area (Å²) in [5.74, 6) is -0.338. The summed E-state index contributed by atoms with van der Waals surface area (Å²) in [6.07, 6.45) is 4.67. The Bertz CT molecular complexity index is 1620. The predicted octanol–water partition coefficient (Wildman–Crippen LogP) is 5.61. The number of rotatable bonds is 7. The highest BCUT2D eigenvalue weighted by Crippen LogP contribution is 2.40. The highest BCUT2D eigenvalue weighted by atomic mass is 35.5. The second-order valence-corrected chi connectivity index (χ2v) is 9.34. The minimum Gasteiger partial charge on any atom is -0.489 e. The standard InChI is InChI=1S/C25H20ClFN6O3S/c1-13-8-15(22-16(9-13)32-19(35-2)12-30-22)24-33-23-18(37-24)10-17(21(27)20(23)26)36-7-6-29-25(34)31-14-4-3-5-28-11-14/h3-5,8-12H,6-7H2,1-2H3,(H2,29,31,34). The largest absolute Gasteiger partial charge is 0.489 e. The lowest BCUT2D eigenvalue weighted by atomic mass is 10.1. The number of hydrogen-bond donors (Lipinski definition) is 2. The van der Waals surface area contributed by atoms with Gasteiger partial charge in [-0.25, -0.2) is 24.1 Å². The molecule has 0 saturated carbocycles. The molecule has 9 nitrogen and oxygen atoms in total. The Hall–Kier alpha value is -4.09. The van der Waals surface area contributed by atoms with E-state index in [0.717, 1.165) is 11.1 Å². The van der Waals surface area contributed by atoms with E-state index in [1.165, 1.54) is 30.8 Å². The zero-order chi connectivity index (χ0) is 25.9. The summed E-state index contributed by atoms with van der Waals surface area (Å²) in [6, 6.07) is 8.40. The molecule has 5 rings (SSSR count). The lowest BCUT2D eigenvalue weighted by molar-refractivity contribution is 0.246. The number of aromatic nitrogens is 4. The van der Waals surface area contributed by atoms with Crippen LogP contribution in [0.3, 0.4) is 0 Å². The SMILES string of the molecule is COc1cnc2c(-c3nc4c(Cl)c(F)c(OCCNC(=O)Nc5cccnc5)cc4s3)cc(C)cc2n1. The van der Waals surface area contributed by atoms with Crippen molar-refractivity contribution in [3.05, 3.63) is 65.3 Å². The van der Waals surface area contributed by atoms with Crippen molar-refractivity contribution >= 4 is 55.9 Å². The first-order valence-corrected chi connectivity index (χ1v) is 12.3. The molecule has 0 bridgehead atoms. The third-order valence-corrected chi connectivity index (χ3v) is 6.69. The number of halogens is 2. The van der Waals surface area contributed by atoms with Crippen LogP contribution in [0.15, 0.2) is 48.9 Å². The number of benzene rings is 2. The Balaban J connectivity index is 1.35. The summed E-state index contributed by atoms with van der Waals surface area (Å²) >= 11 is 7.67. The molecule has 0 fully saturated rings. The lowest BCUT2D eigenvalue weighted by Crippen LogP contribution is -2.32. The van der Waals surface area contributed by atoms with Gasteiger partial charge in [-0.1, -0.05) is 11.6 Å². The first kappa shape index (κ1) is 24.6. The Morgan fingerprint density at radius 3 is 2.84 bits per heavy atom. The maximum absolute atomic E-state index is 15.0. The van der Waals surface area contributed by atoms with Crippen LogP contribution in [0.25, 0.3) is 31.8 Å². The number of aryl methyl sites for hydroxylation is 1. The fourth-order valence-corrected chi connectivity index (χ4v) is 4.96. The number of thiazole rings is 1. The smallest absolute Gasteiger partial charge is 0.319 e. The molecule has 0 spiro atoms. The van der Waals surface area contributed by atoms with Gasteiger partial charge in [-0.3, -0.25) is 4.98 Å². The van der Waals surface area contributed by atoms with Gasteiger partial charge in [0.25, 0.3) is 0 Å². The predicted molar refractivity (Wildman–Crippen MR) is 141 cm³/mol. The van der Waals surface area contributed by atoms with Crippen molar-refractivity contribution in [2.45, 2.75) is 6.92 Å². The molecule has 2 N–H and O–H groups in total. The van der Waals surface area contributed by atoms with E-state index >= 15 is 0 Å². The summed E-state index contributed by atoms with van der Waals surface area (Å²) in [5, 5.41) is 5.76. The van der Waals surface area contributed by atoms with Gasteiger partial charge in [-0.2, -0.15) is 0 Å². The van der Waals surface area contributed by atoms with Crippen molar-refractivity contribution in [1.29, 1.82) is 0 Å². The number of nitrogens with one attached hydrogen (secondary N) is 2. The highest BCUT2D eigenvalue weighted by Gasteiger charge is 2.20. The second-order valence-electron chi connectivity index (χ2n) is 7.93. The van der Waals surface area contributed by atoms with Gasteiger partial charge in [0.1, 0.15) is 22.2 Å². The van der Waals surface area contributed by atoms with Gasteiger partial charge < -0.3 is 20.1 Å². The molecule has 5 aromatic rings. The molecule has 3 heterocycles. The number of amides is 2. The Morgan fingerprint density at radius 1 is 1.19 bits per heavy atom. The number of urea groups is 1. The molecule has 3 aromatic heterocycles. The van der Waals surface area contributed by atoms with Gasteiger partial charge in [0.05, 0.1) is 47.5 Å². The van der Waals surface area contributed by atoms with Gasteiger partial charge in [0, 0.05) is 17.8 Å². The Labute approximate surface area is 219 Å². The average molecular weight is 539 g/mol. The van der Waals surface area contributed by atoms with Crippen molar-refractivity contribution in [3.63, 3.8) is 0 Å². The van der Waals surface area contributed by atoms with Crippen LogP contribution in [-0.4, -0.2) is 46.2 Å². The van der Waals surface area contributed by atoms with Crippen LogP contribution < -0.4 is 20.1 Å². The molecular weight excluding hydrogens is 519 g/mol. The Morgan fingerprint density at radius 2 is 2.05 bits per heavy atom. The summed E-state index contributed by atoms with van der Waals surface area (Å²) in [5.41, 5.74) is 3.91. The van der Waals surface area contributed by atoms with Crippen LogP contribution in [-0.2, 0) is 0 Å². The average Bonchev–Trinajstić information content (AvgIpc) is 3.33. The van der Waals surface area contributed by atoms with Crippen molar-refractivity contribution in [3.8, 4) is 22.2 Å². The van der Waals surface area contributed by atoms with E-state index in [1.807, 2.05) is 19.1 Å². The number of carbonyl (C=O) groups is 1. The van der Waals surface area contributed by atoms with Crippen LogP contribution in [0.2, 0.25) is 5.02 Å². The molecular formula is C25H20ClFN6O3S. The fourth-order valence-electron chi connectivity index (χ4n) is 3.65. The first-order chi connectivity index (χ1) is 17.9. The van der Waals surface area contributed by atoms with Crippen LogP contribution in [0.4, 0.5) is 14.9 Å². The third kappa shape index (κ3) is 5.23. The number of methoxy groups -OCH3 is 1. The zero-order valence-electron chi connectivity index (χ0n) is 19.7. The number of anilines is 1. The number of fused-ring (bicyclic) bond motifs is 2. The summed E-state index contributed by atoms with van der Waals surface area (Å²) in [4.78, 5) is 29.5. The molecule has 0 atom stereocenters. The van der Waals surface area contributed by atoms with Gasteiger partial charge in [0.2, 0.25) is 5.88 Å². The maximum atomic E-state index is 15.0. The van der Waals surface area contributed by atoms with Crippen molar-refractivity contribution in [1.82, 2.24) is 25.3 Å². The third-order valence-electron chi connectivity index (χ3n) is 5.31. The van der Waals surface area contributed by atoms with E-state index in [1.54, 1.807) is 24.4 Å². The molecule has 2 aromatic carbocycles. The number of pyridine rings is 1. The van der Waals surface area contributed by atoms with Crippen LogP contribution >= 0.6 is 22.9 Å². The molecule has 0 aliphatic heterocycles. The van der Waals surface area contributed by atoms with Gasteiger partial charge in [0.15, 0.2) is 11.6 Å². The van der Waals surface area contributed by atoms with Gasteiger partial charge in [-0.05, 0) is 36.8 Å². The van der Waals surface area contributed by atoms with Crippen molar-refractivity contribution in [2.24, 2.45) is 0 Å². The maximum Gasteiger partial charge on any atom is 0.319 e. The van der Waals surface area contributed by atoms with E-state index in [2.05, 4.69) is 30.6 Å². The lowest BCUT2D eigenvalue weighted by Gasteiger charge is -2.10. The molecule has 0 radical (unpaired) electrons. The molecule has 37 heavy (non-hydrogen) atoms. The van der Waals surface area contributed by atoms with E-state index in [4.69, 9.17) is 21.1 Å². The van der Waals surface area contributed by atoms with E-state index in [0.29, 0.717) is 37.8 Å². The number of ether oxygens (including phenoxy) is 2. The molecule has 2 amide bonds. The normalized spacial score (nSPS) is 11.0. The number of hydrogen-bond acceptors (Lipinski definition) is 8. The summed E-state index contributed by atoms with van der Waals surface area (Å²) in [7, 11) is 1.53. The molecule has 0 saturated heterocycles. The monoisotopic (exact) mass is 538 g/mol. The topological polar surface area (TPSA) is 111 Å². The minimum atomic E-state index is -0.718. The van der Waals surface area contributed by atoms with Gasteiger partial charge >= 0.3 is 6.03 Å². The van der Waals surface area contributed by atoms with Crippen LogP contribution in [0.1, 0.15) is 5.56 Å². The number of carbonyl (C=O) groups excluding carboxylic acids is 1. The zero-order valence-corrected chi connectivity index (χ0v) is 21.3. The first-order valence-electron chi connectivity index (χ1n) is 11.1. The molecule has 0 unspecified atom stereocenters. The summed E-state index contributed by atoms with van der Waals surface area (Å²) in [6.45, 7) is 2.12.